The highest BCUT2D eigenvalue weighted by Crippen LogP contribution is 2.33. The number of hydrogen-bond donors (Lipinski definition) is 0. The number of para-hydroxylation sites is 1. The summed E-state index contributed by atoms with van der Waals surface area (Å²) in [4.78, 5) is 30.2. The van der Waals surface area contributed by atoms with E-state index < -0.39 is 0 Å². The Labute approximate surface area is 174 Å². The van der Waals surface area contributed by atoms with Gasteiger partial charge in [-0.3, -0.25) is 19.2 Å². The fourth-order valence-electron chi connectivity index (χ4n) is 3.96. The lowest BCUT2D eigenvalue weighted by Crippen LogP contribution is -2.41. The van der Waals surface area contributed by atoms with Gasteiger partial charge in [0.2, 0.25) is 5.91 Å². The van der Waals surface area contributed by atoms with Gasteiger partial charge in [0.1, 0.15) is 15.3 Å². The van der Waals surface area contributed by atoms with E-state index >= 15 is 0 Å². The van der Waals surface area contributed by atoms with Crippen molar-refractivity contribution in [2.75, 3.05) is 24.5 Å². The SMILES string of the molecule is Cc1c(N2C(=O)C(CN3CCCCC3)SC2=S)c(=O)n(-c2ccccc2)n1C. The van der Waals surface area contributed by atoms with Gasteiger partial charge >= 0.3 is 0 Å². The van der Waals surface area contributed by atoms with Gasteiger partial charge in [0.05, 0.1) is 11.4 Å². The number of rotatable bonds is 4. The van der Waals surface area contributed by atoms with Crippen LogP contribution in [0.3, 0.4) is 0 Å². The first kappa shape index (κ1) is 19.4. The predicted molar refractivity (Wildman–Crippen MR) is 118 cm³/mol. The molecule has 0 spiro atoms. The molecule has 4 rings (SSSR count). The van der Waals surface area contributed by atoms with E-state index in [1.807, 2.05) is 44.3 Å². The summed E-state index contributed by atoms with van der Waals surface area (Å²) in [5.41, 5.74) is 1.64. The molecule has 8 heteroatoms. The first-order valence-corrected chi connectivity index (χ1v) is 10.9. The largest absolute Gasteiger partial charge is 0.302 e. The van der Waals surface area contributed by atoms with Gasteiger partial charge in [-0.1, -0.05) is 48.6 Å². The molecule has 28 heavy (non-hydrogen) atoms. The highest BCUT2D eigenvalue weighted by molar-refractivity contribution is 8.25. The number of nitrogens with zero attached hydrogens (tertiary/aromatic N) is 4. The van der Waals surface area contributed by atoms with Gasteiger partial charge in [-0.05, 0) is 45.0 Å². The summed E-state index contributed by atoms with van der Waals surface area (Å²) in [5.74, 6) is -0.0772. The van der Waals surface area contributed by atoms with E-state index in [1.54, 1.807) is 9.36 Å². The minimum Gasteiger partial charge on any atom is -0.302 e. The molecule has 1 unspecified atom stereocenters. The number of thioether (sulfide) groups is 1. The van der Waals surface area contributed by atoms with E-state index in [2.05, 4.69) is 4.90 Å². The number of carbonyl (C=O) groups is 1. The van der Waals surface area contributed by atoms with Crippen LogP contribution in [0, 0.1) is 6.92 Å². The molecule has 2 aromatic rings. The Morgan fingerprint density at radius 2 is 1.79 bits per heavy atom. The predicted octanol–water partition coefficient (Wildman–Crippen LogP) is 2.70. The van der Waals surface area contributed by atoms with Crippen LogP contribution in [0.15, 0.2) is 35.1 Å². The Morgan fingerprint density at radius 3 is 2.46 bits per heavy atom. The Bertz CT molecular complexity index is 961. The molecule has 2 fully saturated rings. The molecule has 1 atom stereocenters. The third-order valence-corrected chi connectivity index (χ3v) is 7.03. The Kier molecular flexibility index (Phi) is 5.44. The first-order chi connectivity index (χ1) is 13.5. The monoisotopic (exact) mass is 416 g/mol. The fraction of sp³-hybridized carbons (Fsp3) is 0.450. The minimum absolute atomic E-state index is 0.0772. The van der Waals surface area contributed by atoms with E-state index in [0.29, 0.717) is 16.6 Å². The molecule has 148 valence electrons. The van der Waals surface area contributed by atoms with Gasteiger partial charge in [0.15, 0.2) is 0 Å². The van der Waals surface area contributed by atoms with Crippen LogP contribution in [0.25, 0.3) is 5.69 Å². The Morgan fingerprint density at radius 1 is 1.11 bits per heavy atom. The molecule has 2 saturated heterocycles. The number of likely N-dealkylation sites (tertiary alicyclic amines) is 1. The number of carbonyl (C=O) groups excluding carboxylic acids is 1. The van der Waals surface area contributed by atoms with E-state index in [-0.39, 0.29) is 16.7 Å². The summed E-state index contributed by atoms with van der Waals surface area (Å²) in [6, 6.07) is 9.44. The zero-order valence-corrected chi connectivity index (χ0v) is 17.8. The average Bonchev–Trinajstić information content (AvgIpc) is 3.09. The van der Waals surface area contributed by atoms with Crippen LogP contribution >= 0.6 is 24.0 Å². The maximum absolute atomic E-state index is 13.3. The summed E-state index contributed by atoms with van der Waals surface area (Å²) in [7, 11) is 1.83. The van der Waals surface area contributed by atoms with Gasteiger partial charge in [0.25, 0.3) is 5.56 Å². The quantitative estimate of drug-likeness (QED) is 0.718. The van der Waals surface area contributed by atoms with Gasteiger partial charge in [0, 0.05) is 13.6 Å². The maximum Gasteiger partial charge on any atom is 0.296 e. The number of thiocarbonyl (C=S) groups is 1. The lowest BCUT2D eigenvalue weighted by atomic mass is 10.1. The molecule has 0 bridgehead atoms. The lowest BCUT2D eigenvalue weighted by molar-refractivity contribution is -0.117. The van der Waals surface area contributed by atoms with E-state index in [0.717, 1.165) is 24.5 Å². The topological polar surface area (TPSA) is 50.5 Å². The van der Waals surface area contributed by atoms with Crippen molar-refractivity contribution in [1.29, 1.82) is 0 Å². The zero-order valence-electron chi connectivity index (χ0n) is 16.1. The van der Waals surface area contributed by atoms with Crippen molar-refractivity contribution < 1.29 is 4.79 Å². The standard InChI is InChI=1S/C20H24N4O2S2/c1-14-17(19(26)24(21(14)2)15-9-5-3-6-10-15)23-18(25)16(28-20(23)27)13-22-11-7-4-8-12-22/h3,5-6,9-10,16H,4,7-8,11-13H2,1-2H3. The number of anilines is 1. The molecule has 1 aromatic heterocycles. The molecule has 1 amide bonds. The molecule has 6 nitrogen and oxygen atoms in total. The van der Waals surface area contributed by atoms with Crippen LogP contribution in [-0.4, -0.2) is 49.4 Å². The van der Waals surface area contributed by atoms with E-state index in [4.69, 9.17) is 12.2 Å². The molecule has 0 saturated carbocycles. The molecular formula is C20H24N4O2S2. The third-order valence-electron chi connectivity index (χ3n) is 5.54. The number of benzene rings is 1. The smallest absolute Gasteiger partial charge is 0.296 e. The van der Waals surface area contributed by atoms with Gasteiger partial charge < -0.3 is 4.90 Å². The molecule has 2 aliphatic rings. The van der Waals surface area contributed by atoms with Crippen molar-refractivity contribution in [3.8, 4) is 5.69 Å². The van der Waals surface area contributed by atoms with Crippen LogP contribution in [-0.2, 0) is 11.8 Å². The maximum atomic E-state index is 13.3. The van der Waals surface area contributed by atoms with Crippen LogP contribution in [0.2, 0.25) is 0 Å². The van der Waals surface area contributed by atoms with Crippen LogP contribution in [0.1, 0.15) is 25.0 Å². The number of amides is 1. The molecule has 2 aliphatic heterocycles. The van der Waals surface area contributed by atoms with Crippen molar-refractivity contribution in [3.63, 3.8) is 0 Å². The van der Waals surface area contributed by atoms with Gasteiger partial charge in [-0.15, -0.1) is 0 Å². The van der Waals surface area contributed by atoms with Crippen LogP contribution < -0.4 is 10.5 Å². The molecule has 0 radical (unpaired) electrons. The molecule has 0 aliphatic carbocycles. The van der Waals surface area contributed by atoms with Crippen molar-refractivity contribution in [2.24, 2.45) is 7.05 Å². The summed E-state index contributed by atoms with van der Waals surface area (Å²) in [5, 5.41) is -0.241. The Balaban J connectivity index is 1.66. The van der Waals surface area contributed by atoms with E-state index in [9.17, 15) is 9.59 Å². The fourth-order valence-corrected chi connectivity index (χ4v) is 5.52. The van der Waals surface area contributed by atoms with Crippen molar-refractivity contribution in [1.82, 2.24) is 14.3 Å². The van der Waals surface area contributed by atoms with Crippen molar-refractivity contribution in [2.45, 2.75) is 31.4 Å². The number of hydrogen-bond acceptors (Lipinski definition) is 5. The highest BCUT2D eigenvalue weighted by Gasteiger charge is 2.41. The second-order valence-corrected chi connectivity index (χ2v) is 9.15. The second-order valence-electron chi connectivity index (χ2n) is 7.32. The summed E-state index contributed by atoms with van der Waals surface area (Å²) in [6.45, 7) is 4.61. The zero-order chi connectivity index (χ0) is 19.8. The second kappa shape index (κ2) is 7.85. The molecule has 1 aromatic carbocycles. The third kappa shape index (κ3) is 3.33. The number of aromatic nitrogens is 2. The molecule has 0 N–H and O–H groups in total. The van der Waals surface area contributed by atoms with Gasteiger partial charge in [-0.2, -0.15) is 0 Å². The normalized spacial score (nSPS) is 20.9. The summed E-state index contributed by atoms with van der Waals surface area (Å²) in [6.07, 6.45) is 3.62. The molecule has 3 heterocycles. The minimum atomic E-state index is -0.241. The lowest BCUT2D eigenvalue weighted by Gasteiger charge is -2.27. The Hall–Kier alpha value is -1.90. The number of piperidine rings is 1. The van der Waals surface area contributed by atoms with Gasteiger partial charge in [-0.25, -0.2) is 4.68 Å². The molecular weight excluding hydrogens is 392 g/mol. The van der Waals surface area contributed by atoms with Crippen molar-refractivity contribution >= 4 is 39.9 Å². The summed E-state index contributed by atoms with van der Waals surface area (Å²) < 4.78 is 3.84. The van der Waals surface area contributed by atoms with Crippen LogP contribution in [0.5, 0.6) is 0 Å². The highest BCUT2D eigenvalue weighted by atomic mass is 32.2. The van der Waals surface area contributed by atoms with Crippen molar-refractivity contribution in [3.05, 3.63) is 46.4 Å². The summed E-state index contributed by atoms with van der Waals surface area (Å²) >= 11 is 6.93. The first-order valence-electron chi connectivity index (χ1n) is 9.60. The van der Waals surface area contributed by atoms with E-state index in [1.165, 1.54) is 35.9 Å². The average molecular weight is 417 g/mol. The van der Waals surface area contributed by atoms with Crippen LogP contribution in [0.4, 0.5) is 5.69 Å².